The Balaban J connectivity index is 1.79. The zero-order valence-electron chi connectivity index (χ0n) is 16.9. The summed E-state index contributed by atoms with van der Waals surface area (Å²) in [6, 6.07) is 0. The lowest BCUT2D eigenvalue weighted by Crippen LogP contribution is -2.50. The van der Waals surface area contributed by atoms with Crippen LogP contribution in [-0.2, 0) is 10.3 Å². The maximum atomic E-state index is 12.5. The third-order valence-electron chi connectivity index (χ3n) is 4.29. The highest BCUT2D eigenvalue weighted by Crippen LogP contribution is 2.20. The van der Waals surface area contributed by atoms with Crippen molar-refractivity contribution in [3.05, 3.63) is 16.6 Å². The van der Waals surface area contributed by atoms with Crippen LogP contribution in [0.2, 0.25) is 0 Å². The van der Waals surface area contributed by atoms with Crippen LogP contribution in [0.4, 0.5) is 10.7 Å². The fourth-order valence-corrected chi connectivity index (χ4v) is 2.97. The second kappa shape index (κ2) is 6.54. The minimum atomic E-state index is -0.516. The van der Waals surface area contributed by atoms with Crippen molar-refractivity contribution in [3.63, 3.8) is 0 Å². The minimum absolute atomic E-state index is 0.208. The fourth-order valence-electron chi connectivity index (χ4n) is 2.97. The Morgan fingerprint density at radius 3 is 2.30 bits per heavy atom. The lowest BCUT2D eigenvalue weighted by atomic mass is 10.1. The van der Waals surface area contributed by atoms with Gasteiger partial charge in [0.25, 0.3) is 5.56 Å². The van der Waals surface area contributed by atoms with E-state index in [4.69, 9.17) is 4.74 Å². The number of H-pyrrole nitrogens is 1. The van der Waals surface area contributed by atoms with Gasteiger partial charge in [-0.2, -0.15) is 10.1 Å². The van der Waals surface area contributed by atoms with Gasteiger partial charge in [-0.05, 0) is 41.5 Å². The highest BCUT2D eigenvalue weighted by atomic mass is 16.6. The van der Waals surface area contributed by atoms with Crippen LogP contribution in [0.5, 0.6) is 0 Å². The first-order valence-corrected chi connectivity index (χ1v) is 9.17. The number of nitrogens with one attached hydrogen (secondary N) is 1. The average molecular weight is 376 g/mol. The molecule has 0 aromatic carbocycles. The SMILES string of the molecule is CC(C)(C)OC(=O)N1CCN(c2nc3c(cnn3C(C)(C)C)c(=O)[nH]2)CC1. The molecule has 1 saturated heterocycles. The Morgan fingerprint density at radius 1 is 1.11 bits per heavy atom. The van der Waals surface area contributed by atoms with Gasteiger partial charge < -0.3 is 14.5 Å². The quantitative estimate of drug-likeness (QED) is 0.817. The first kappa shape index (κ1) is 19.2. The van der Waals surface area contributed by atoms with E-state index in [-0.39, 0.29) is 17.2 Å². The van der Waals surface area contributed by atoms with Crippen molar-refractivity contribution in [1.29, 1.82) is 0 Å². The molecule has 0 saturated carbocycles. The van der Waals surface area contributed by atoms with Gasteiger partial charge >= 0.3 is 6.09 Å². The molecular formula is C18H28N6O3. The molecule has 9 heteroatoms. The third-order valence-corrected chi connectivity index (χ3v) is 4.29. The Kier molecular flexibility index (Phi) is 4.65. The standard InChI is InChI=1S/C18H28N6O3/c1-17(2,3)24-13-12(11-19-24)14(25)21-15(20-13)22-7-9-23(10-8-22)16(26)27-18(4,5)6/h11H,7-10H2,1-6H3,(H,20,21,25). The predicted octanol–water partition coefficient (Wildman–Crippen LogP) is 1.93. The molecule has 0 radical (unpaired) electrons. The van der Waals surface area contributed by atoms with E-state index >= 15 is 0 Å². The van der Waals surface area contributed by atoms with Gasteiger partial charge in [0.05, 0.1) is 11.7 Å². The average Bonchev–Trinajstić information content (AvgIpc) is 2.98. The van der Waals surface area contributed by atoms with Crippen molar-refractivity contribution in [3.8, 4) is 0 Å². The van der Waals surface area contributed by atoms with Crippen molar-refractivity contribution >= 4 is 23.1 Å². The number of piperazine rings is 1. The molecule has 0 unspecified atom stereocenters. The lowest BCUT2D eigenvalue weighted by molar-refractivity contribution is 0.0240. The second-order valence-electron chi connectivity index (χ2n) is 8.81. The normalized spacial score (nSPS) is 16.1. The first-order chi connectivity index (χ1) is 12.5. The van der Waals surface area contributed by atoms with Crippen LogP contribution in [0, 0.1) is 0 Å². The number of hydrogen-bond donors (Lipinski definition) is 1. The molecule has 0 aliphatic carbocycles. The van der Waals surface area contributed by atoms with Crippen LogP contribution in [0.3, 0.4) is 0 Å². The van der Waals surface area contributed by atoms with E-state index in [0.29, 0.717) is 43.2 Å². The van der Waals surface area contributed by atoms with Crippen LogP contribution in [0.25, 0.3) is 11.0 Å². The highest BCUT2D eigenvalue weighted by Gasteiger charge is 2.27. The van der Waals surface area contributed by atoms with E-state index in [1.165, 1.54) is 0 Å². The summed E-state index contributed by atoms with van der Waals surface area (Å²) in [6.07, 6.45) is 1.24. The summed E-state index contributed by atoms with van der Waals surface area (Å²) in [5, 5.41) is 4.80. The van der Waals surface area contributed by atoms with Crippen molar-refractivity contribution < 1.29 is 9.53 Å². The first-order valence-electron chi connectivity index (χ1n) is 9.17. The molecule has 9 nitrogen and oxygen atoms in total. The Labute approximate surface area is 158 Å². The largest absolute Gasteiger partial charge is 0.444 e. The number of carbonyl (C=O) groups excluding carboxylic acids is 1. The number of amides is 1. The van der Waals surface area contributed by atoms with Crippen LogP contribution in [0.1, 0.15) is 41.5 Å². The van der Waals surface area contributed by atoms with E-state index < -0.39 is 5.60 Å². The van der Waals surface area contributed by atoms with Gasteiger partial charge in [0, 0.05) is 26.2 Å². The number of aromatic nitrogens is 4. The van der Waals surface area contributed by atoms with Gasteiger partial charge in [0.15, 0.2) is 5.65 Å². The molecule has 2 aromatic rings. The van der Waals surface area contributed by atoms with E-state index in [9.17, 15) is 9.59 Å². The number of fused-ring (bicyclic) bond motifs is 1. The van der Waals surface area contributed by atoms with E-state index in [1.807, 2.05) is 46.4 Å². The molecule has 0 bridgehead atoms. The number of aromatic amines is 1. The van der Waals surface area contributed by atoms with Crippen molar-refractivity contribution in [1.82, 2.24) is 24.6 Å². The molecular weight excluding hydrogens is 348 g/mol. The van der Waals surface area contributed by atoms with Crippen molar-refractivity contribution in [2.45, 2.75) is 52.7 Å². The van der Waals surface area contributed by atoms with Gasteiger partial charge in [-0.1, -0.05) is 0 Å². The zero-order valence-corrected chi connectivity index (χ0v) is 16.9. The Morgan fingerprint density at radius 2 is 1.74 bits per heavy atom. The molecule has 2 aromatic heterocycles. The number of nitrogens with zero attached hydrogens (tertiary/aromatic N) is 5. The smallest absolute Gasteiger partial charge is 0.410 e. The number of hydrogen-bond acceptors (Lipinski definition) is 6. The topological polar surface area (TPSA) is 96.3 Å². The Hall–Kier alpha value is -2.58. The predicted molar refractivity (Wildman–Crippen MR) is 103 cm³/mol. The third kappa shape index (κ3) is 4.06. The monoisotopic (exact) mass is 376 g/mol. The summed E-state index contributed by atoms with van der Waals surface area (Å²) in [4.78, 5) is 35.8. The number of ether oxygens (including phenoxy) is 1. The van der Waals surface area contributed by atoms with E-state index in [2.05, 4.69) is 15.1 Å². The van der Waals surface area contributed by atoms with Gasteiger partial charge in [0.2, 0.25) is 5.95 Å². The minimum Gasteiger partial charge on any atom is -0.444 e. The summed E-state index contributed by atoms with van der Waals surface area (Å²) in [6.45, 7) is 13.8. The summed E-state index contributed by atoms with van der Waals surface area (Å²) < 4.78 is 7.18. The molecule has 1 N–H and O–H groups in total. The number of carbonyl (C=O) groups is 1. The van der Waals surface area contributed by atoms with Crippen molar-refractivity contribution in [2.24, 2.45) is 0 Å². The number of rotatable bonds is 1. The summed E-state index contributed by atoms with van der Waals surface area (Å²) in [5.41, 5.74) is -0.442. The van der Waals surface area contributed by atoms with Crippen LogP contribution in [0.15, 0.2) is 11.0 Å². The maximum Gasteiger partial charge on any atom is 0.410 e. The van der Waals surface area contributed by atoms with Crippen LogP contribution >= 0.6 is 0 Å². The van der Waals surface area contributed by atoms with Crippen LogP contribution in [-0.4, -0.2) is 62.5 Å². The molecule has 3 rings (SSSR count). The zero-order chi connectivity index (χ0) is 20.0. The van der Waals surface area contributed by atoms with Crippen LogP contribution < -0.4 is 10.5 Å². The molecule has 1 fully saturated rings. The second-order valence-corrected chi connectivity index (χ2v) is 8.81. The van der Waals surface area contributed by atoms with Crippen molar-refractivity contribution in [2.75, 3.05) is 31.1 Å². The molecule has 27 heavy (non-hydrogen) atoms. The number of anilines is 1. The molecule has 148 valence electrons. The van der Waals surface area contributed by atoms with Gasteiger partial charge in [-0.25, -0.2) is 9.48 Å². The van der Waals surface area contributed by atoms with E-state index in [0.717, 1.165) is 0 Å². The van der Waals surface area contributed by atoms with Gasteiger partial charge in [0.1, 0.15) is 11.0 Å². The summed E-state index contributed by atoms with van der Waals surface area (Å²) >= 11 is 0. The lowest BCUT2D eigenvalue weighted by Gasteiger charge is -2.35. The molecule has 1 aliphatic rings. The fraction of sp³-hybridized carbons (Fsp3) is 0.667. The molecule has 3 heterocycles. The van der Waals surface area contributed by atoms with Gasteiger partial charge in [-0.15, -0.1) is 0 Å². The molecule has 1 aliphatic heterocycles. The highest BCUT2D eigenvalue weighted by molar-refractivity contribution is 5.75. The maximum absolute atomic E-state index is 12.5. The summed E-state index contributed by atoms with van der Waals surface area (Å²) in [5.74, 6) is 0.502. The van der Waals surface area contributed by atoms with E-state index in [1.54, 1.807) is 15.8 Å². The van der Waals surface area contributed by atoms with Gasteiger partial charge in [-0.3, -0.25) is 9.78 Å². The molecule has 1 amide bonds. The Bertz CT molecular complexity index is 894. The molecule has 0 spiro atoms. The summed E-state index contributed by atoms with van der Waals surface area (Å²) in [7, 11) is 0. The molecule has 0 atom stereocenters.